The van der Waals surface area contributed by atoms with E-state index in [2.05, 4.69) is 10.5 Å². The Morgan fingerprint density at radius 1 is 1.17 bits per heavy atom. The number of ether oxygens (including phenoxy) is 1. The molecule has 1 N–H and O–H groups in total. The zero-order valence-electron chi connectivity index (χ0n) is 12.1. The molecule has 23 heavy (non-hydrogen) atoms. The van der Waals surface area contributed by atoms with Gasteiger partial charge in [-0.3, -0.25) is 4.79 Å². The fourth-order valence-corrected chi connectivity index (χ4v) is 1.94. The zero-order chi connectivity index (χ0) is 16.8. The highest BCUT2D eigenvalue weighted by Crippen LogP contribution is 2.22. The molecule has 0 saturated carbocycles. The molecule has 0 aromatic heterocycles. The van der Waals surface area contributed by atoms with Crippen molar-refractivity contribution >= 4 is 34.8 Å². The highest BCUT2D eigenvalue weighted by Gasteiger charge is 2.05. The van der Waals surface area contributed by atoms with Gasteiger partial charge in [-0.05, 0) is 48.9 Å². The molecule has 0 saturated heterocycles. The van der Waals surface area contributed by atoms with Crippen LogP contribution in [-0.2, 0) is 4.79 Å². The molecule has 0 aliphatic carbocycles. The number of hydrazone groups is 1. The van der Waals surface area contributed by atoms with Gasteiger partial charge >= 0.3 is 0 Å². The molecular weight excluding hydrogens is 342 g/mol. The van der Waals surface area contributed by atoms with Crippen LogP contribution in [0.15, 0.2) is 47.6 Å². The van der Waals surface area contributed by atoms with Crippen LogP contribution < -0.4 is 10.2 Å². The standard InChI is InChI=1S/C16H13Cl2FN2O2/c1-10(11-2-7-14(17)15(18)8-11)20-21-16(22)9-23-13-5-3-12(19)4-6-13/h2-8H,9H2,1H3,(H,21,22)/b20-10-. The van der Waals surface area contributed by atoms with Crippen LogP contribution in [0.3, 0.4) is 0 Å². The molecule has 2 aromatic carbocycles. The Morgan fingerprint density at radius 3 is 2.52 bits per heavy atom. The molecule has 2 rings (SSSR count). The van der Waals surface area contributed by atoms with E-state index in [4.69, 9.17) is 27.9 Å². The van der Waals surface area contributed by atoms with Gasteiger partial charge in [0.1, 0.15) is 11.6 Å². The molecule has 0 heterocycles. The highest BCUT2D eigenvalue weighted by atomic mass is 35.5. The van der Waals surface area contributed by atoms with Gasteiger partial charge in [0.2, 0.25) is 0 Å². The van der Waals surface area contributed by atoms with Gasteiger partial charge < -0.3 is 4.74 Å². The van der Waals surface area contributed by atoms with Crippen molar-refractivity contribution in [1.29, 1.82) is 0 Å². The molecule has 7 heteroatoms. The van der Waals surface area contributed by atoms with E-state index in [9.17, 15) is 9.18 Å². The van der Waals surface area contributed by atoms with E-state index >= 15 is 0 Å². The van der Waals surface area contributed by atoms with E-state index in [1.807, 2.05) is 0 Å². The molecule has 0 radical (unpaired) electrons. The predicted molar refractivity (Wildman–Crippen MR) is 88.7 cm³/mol. The van der Waals surface area contributed by atoms with Crippen molar-refractivity contribution in [1.82, 2.24) is 5.43 Å². The zero-order valence-corrected chi connectivity index (χ0v) is 13.7. The number of carbonyl (C=O) groups is 1. The van der Waals surface area contributed by atoms with Gasteiger partial charge in [0.25, 0.3) is 5.91 Å². The molecule has 0 unspecified atom stereocenters. The number of carbonyl (C=O) groups excluding carboxylic acids is 1. The first-order chi connectivity index (χ1) is 11.0. The van der Waals surface area contributed by atoms with Crippen molar-refractivity contribution in [3.8, 4) is 5.75 Å². The summed E-state index contributed by atoms with van der Waals surface area (Å²) >= 11 is 11.8. The Morgan fingerprint density at radius 2 is 1.87 bits per heavy atom. The average Bonchev–Trinajstić information content (AvgIpc) is 2.54. The van der Waals surface area contributed by atoms with Crippen molar-refractivity contribution < 1.29 is 13.9 Å². The smallest absolute Gasteiger partial charge is 0.277 e. The number of benzene rings is 2. The summed E-state index contributed by atoms with van der Waals surface area (Å²) in [5, 5.41) is 4.82. The van der Waals surface area contributed by atoms with Crippen LogP contribution >= 0.6 is 23.2 Å². The second-order valence-corrected chi connectivity index (χ2v) is 5.42. The summed E-state index contributed by atoms with van der Waals surface area (Å²) in [6.45, 7) is 1.49. The second-order valence-electron chi connectivity index (χ2n) is 4.60. The number of hydrogen-bond donors (Lipinski definition) is 1. The normalized spacial score (nSPS) is 11.2. The third-order valence-electron chi connectivity index (χ3n) is 2.87. The number of hydrogen-bond acceptors (Lipinski definition) is 3. The first-order valence-corrected chi connectivity index (χ1v) is 7.38. The lowest BCUT2D eigenvalue weighted by atomic mass is 10.1. The topological polar surface area (TPSA) is 50.7 Å². The van der Waals surface area contributed by atoms with Crippen molar-refractivity contribution in [3.63, 3.8) is 0 Å². The van der Waals surface area contributed by atoms with Crippen molar-refractivity contribution in [2.24, 2.45) is 5.10 Å². The van der Waals surface area contributed by atoms with Crippen LogP contribution in [0.5, 0.6) is 5.75 Å². The number of nitrogens with one attached hydrogen (secondary N) is 1. The first kappa shape index (κ1) is 17.2. The lowest BCUT2D eigenvalue weighted by Gasteiger charge is -2.06. The summed E-state index contributed by atoms with van der Waals surface area (Å²) in [4.78, 5) is 11.7. The van der Waals surface area contributed by atoms with Gasteiger partial charge in [0.15, 0.2) is 6.61 Å². The summed E-state index contributed by atoms with van der Waals surface area (Å²) in [6, 6.07) is 10.4. The van der Waals surface area contributed by atoms with Gasteiger partial charge in [-0.1, -0.05) is 29.3 Å². The Labute approximate surface area is 142 Å². The minimum atomic E-state index is -0.436. The number of halogens is 3. The summed E-state index contributed by atoms with van der Waals surface area (Å²) in [5.74, 6) is -0.413. The molecule has 0 bridgehead atoms. The summed E-state index contributed by atoms with van der Waals surface area (Å²) < 4.78 is 17.9. The largest absolute Gasteiger partial charge is 0.484 e. The molecule has 0 aliphatic rings. The highest BCUT2D eigenvalue weighted by molar-refractivity contribution is 6.42. The van der Waals surface area contributed by atoms with Crippen LogP contribution in [0.2, 0.25) is 10.0 Å². The van der Waals surface area contributed by atoms with E-state index in [0.29, 0.717) is 21.5 Å². The lowest BCUT2D eigenvalue weighted by Crippen LogP contribution is -2.25. The number of amides is 1. The Bertz CT molecular complexity index is 733. The number of nitrogens with zero attached hydrogens (tertiary/aromatic N) is 1. The van der Waals surface area contributed by atoms with Gasteiger partial charge in [0, 0.05) is 0 Å². The van der Waals surface area contributed by atoms with Crippen LogP contribution in [0, 0.1) is 5.82 Å². The van der Waals surface area contributed by atoms with E-state index in [0.717, 1.165) is 5.56 Å². The fraction of sp³-hybridized carbons (Fsp3) is 0.125. The minimum Gasteiger partial charge on any atom is -0.484 e. The van der Waals surface area contributed by atoms with Gasteiger partial charge in [-0.2, -0.15) is 5.10 Å². The summed E-state index contributed by atoms with van der Waals surface area (Å²) in [7, 11) is 0. The Balaban J connectivity index is 1.89. The van der Waals surface area contributed by atoms with E-state index in [1.165, 1.54) is 24.3 Å². The van der Waals surface area contributed by atoms with Crippen LogP contribution in [0.1, 0.15) is 12.5 Å². The van der Waals surface area contributed by atoms with Gasteiger partial charge in [-0.15, -0.1) is 0 Å². The number of rotatable bonds is 5. The monoisotopic (exact) mass is 354 g/mol. The molecule has 2 aromatic rings. The van der Waals surface area contributed by atoms with Crippen molar-refractivity contribution in [2.75, 3.05) is 6.61 Å². The maximum Gasteiger partial charge on any atom is 0.277 e. The molecule has 0 atom stereocenters. The fourth-order valence-electron chi connectivity index (χ4n) is 1.64. The Hall–Kier alpha value is -2.11. The molecule has 1 amide bonds. The van der Waals surface area contributed by atoms with E-state index in [1.54, 1.807) is 25.1 Å². The van der Waals surface area contributed by atoms with Crippen LogP contribution in [0.4, 0.5) is 4.39 Å². The van der Waals surface area contributed by atoms with Crippen molar-refractivity contribution in [3.05, 3.63) is 63.9 Å². The molecular formula is C16H13Cl2FN2O2. The lowest BCUT2D eigenvalue weighted by molar-refractivity contribution is -0.123. The van der Waals surface area contributed by atoms with Crippen molar-refractivity contribution in [2.45, 2.75) is 6.92 Å². The predicted octanol–water partition coefficient (Wildman–Crippen LogP) is 4.05. The SMILES string of the molecule is C/C(=N/NC(=O)COc1ccc(F)cc1)c1ccc(Cl)c(Cl)c1. The summed E-state index contributed by atoms with van der Waals surface area (Å²) in [5.41, 5.74) is 3.67. The molecule has 120 valence electrons. The minimum absolute atomic E-state index is 0.232. The Kier molecular flexibility index (Phi) is 5.96. The quantitative estimate of drug-likeness (QED) is 0.650. The van der Waals surface area contributed by atoms with E-state index in [-0.39, 0.29) is 12.4 Å². The molecule has 0 fully saturated rings. The van der Waals surface area contributed by atoms with Gasteiger partial charge in [0.05, 0.1) is 15.8 Å². The molecule has 4 nitrogen and oxygen atoms in total. The first-order valence-electron chi connectivity index (χ1n) is 6.62. The van der Waals surface area contributed by atoms with Crippen LogP contribution in [0.25, 0.3) is 0 Å². The second kappa shape index (κ2) is 7.94. The maximum atomic E-state index is 12.7. The molecule has 0 aliphatic heterocycles. The molecule has 0 spiro atoms. The van der Waals surface area contributed by atoms with Crippen LogP contribution in [-0.4, -0.2) is 18.2 Å². The van der Waals surface area contributed by atoms with E-state index < -0.39 is 5.91 Å². The summed E-state index contributed by atoms with van der Waals surface area (Å²) in [6.07, 6.45) is 0. The third-order valence-corrected chi connectivity index (χ3v) is 3.61. The third kappa shape index (κ3) is 5.23. The average molecular weight is 355 g/mol. The maximum absolute atomic E-state index is 12.7. The van der Waals surface area contributed by atoms with Gasteiger partial charge in [-0.25, -0.2) is 9.82 Å².